The van der Waals surface area contributed by atoms with E-state index in [1.165, 1.54) is 0 Å². The highest BCUT2D eigenvalue weighted by atomic mass is 35.5. The highest BCUT2D eigenvalue weighted by Gasteiger charge is 2.16. The number of nitrogens with one attached hydrogen (secondary N) is 1. The fourth-order valence-corrected chi connectivity index (χ4v) is 2.27. The number of halogens is 1. The van der Waals surface area contributed by atoms with Crippen molar-refractivity contribution in [3.63, 3.8) is 0 Å². The minimum absolute atomic E-state index is 0.329. The minimum atomic E-state index is 0.329. The molecule has 0 aliphatic carbocycles. The molecule has 3 nitrogen and oxygen atoms in total. The van der Waals surface area contributed by atoms with Gasteiger partial charge in [-0.1, -0.05) is 11.6 Å². The Kier molecular flexibility index (Phi) is 3.69. The Labute approximate surface area is 101 Å². The first-order chi connectivity index (χ1) is 7.65. The van der Waals surface area contributed by atoms with Gasteiger partial charge in [-0.25, -0.2) is 0 Å². The second kappa shape index (κ2) is 5.04. The third kappa shape index (κ3) is 2.88. The summed E-state index contributed by atoms with van der Waals surface area (Å²) in [5.41, 5.74) is 0.904. The van der Waals surface area contributed by atoms with Crippen LogP contribution in [0.5, 0.6) is 5.75 Å². The Hall–Kier alpha value is -0.770. The van der Waals surface area contributed by atoms with Crippen LogP contribution >= 0.6 is 11.6 Å². The first kappa shape index (κ1) is 11.7. The first-order valence-electron chi connectivity index (χ1n) is 5.58. The number of aromatic hydroxyl groups is 1. The van der Waals surface area contributed by atoms with Gasteiger partial charge in [0.25, 0.3) is 0 Å². The molecule has 0 amide bonds. The van der Waals surface area contributed by atoms with Crippen molar-refractivity contribution < 1.29 is 5.11 Å². The van der Waals surface area contributed by atoms with Gasteiger partial charge < -0.3 is 10.4 Å². The molecule has 0 saturated carbocycles. The quantitative estimate of drug-likeness (QED) is 0.828. The summed E-state index contributed by atoms with van der Waals surface area (Å²) in [6.45, 7) is 5.95. The van der Waals surface area contributed by atoms with Crippen LogP contribution in [-0.4, -0.2) is 35.7 Å². The molecule has 1 fully saturated rings. The van der Waals surface area contributed by atoms with E-state index in [2.05, 4.69) is 17.1 Å². The van der Waals surface area contributed by atoms with E-state index in [9.17, 15) is 5.11 Å². The molecule has 0 spiro atoms. The molecule has 2 rings (SSSR count). The van der Waals surface area contributed by atoms with Crippen molar-refractivity contribution in [3.05, 3.63) is 28.8 Å². The predicted octanol–water partition coefficient (Wildman–Crippen LogP) is 1.84. The Balaban J connectivity index is 2.05. The van der Waals surface area contributed by atoms with Crippen LogP contribution in [0.3, 0.4) is 0 Å². The molecular weight excluding hydrogens is 224 g/mol. The monoisotopic (exact) mass is 240 g/mol. The fourth-order valence-electron chi connectivity index (χ4n) is 2.08. The summed E-state index contributed by atoms with van der Waals surface area (Å²) >= 11 is 5.92. The van der Waals surface area contributed by atoms with Crippen molar-refractivity contribution in [2.75, 3.05) is 19.6 Å². The van der Waals surface area contributed by atoms with Gasteiger partial charge in [-0.3, -0.25) is 4.90 Å². The number of phenolic OH excluding ortho intramolecular Hbond substituents is 1. The van der Waals surface area contributed by atoms with Crippen molar-refractivity contribution >= 4 is 11.6 Å². The van der Waals surface area contributed by atoms with Crippen LogP contribution in [-0.2, 0) is 6.54 Å². The van der Waals surface area contributed by atoms with Crippen LogP contribution in [0.25, 0.3) is 0 Å². The molecule has 1 aromatic rings. The van der Waals surface area contributed by atoms with Gasteiger partial charge in [0.2, 0.25) is 0 Å². The molecule has 1 aromatic carbocycles. The Morgan fingerprint density at radius 3 is 3.12 bits per heavy atom. The van der Waals surface area contributed by atoms with E-state index in [1.807, 2.05) is 6.07 Å². The second-order valence-corrected chi connectivity index (χ2v) is 4.80. The van der Waals surface area contributed by atoms with Crippen molar-refractivity contribution in [1.29, 1.82) is 0 Å². The average Bonchev–Trinajstić information content (AvgIpc) is 2.24. The standard InChI is InChI=1S/C12H17ClN2O/c1-9-7-15(5-4-14-9)8-10-6-11(13)2-3-12(10)16/h2-3,6,9,14,16H,4-5,7-8H2,1H3/t9-/m1/s1. The molecule has 0 bridgehead atoms. The number of hydrogen-bond donors (Lipinski definition) is 2. The van der Waals surface area contributed by atoms with E-state index in [-0.39, 0.29) is 0 Å². The summed E-state index contributed by atoms with van der Waals surface area (Å²) in [5, 5.41) is 13.8. The number of nitrogens with zero attached hydrogens (tertiary/aromatic N) is 1. The van der Waals surface area contributed by atoms with Gasteiger partial charge in [0, 0.05) is 42.8 Å². The maximum atomic E-state index is 9.73. The Morgan fingerprint density at radius 2 is 2.38 bits per heavy atom. The maximum Gasteiger partial charge on any atom is 0.120 e. The molecule has 2 N–H and O–H groups in total. The van der Waals surface area contributed by atoms with E-state index in [4.69, 9.17) is 11.6 Å². The second-order valence-electron chi connectivity index (χ2n) is 4.36. The van der Waals surface area contributed by atoms with Crippen molar-refractivity contribution in [3.8, 4) is 5.75 Å². The molecule has 16 heavy (non-hydrogen) atoms. The van der Waals surface area contributed by atoms with E-state index in [0.29, 0.717) is 16.8 Å². The van der Waals surface area contributed by atoms with Crippen LogP contribution in [0.4, 0.5) is 0 Å². The summed E-state index contributed by atoms with van der Waals surface area (Å²) in [6, 6.07) is 5.71. The van der Waals surface area contributed by atoms with Gasteiger partial charge >= 0.3 is 0 Å². The van der Waals surface area contributed by atoms with Crippen LogP contribution in [0, 0.1) is 0 Å². The normalized spacial score (nSPS) is 22.2. The number of piperazine rings is 1. The number of rotatable bonds is 2. The Bertz CT molecular complexity index is 370. The molecule has 1 aliphatic rings. The third-order valence-corrected chi connectivity index (χ3v) is 3.12. The van der Waals surface area contributed by atoms with Crippen LogP contribution in [0.15, 0.2) is 18.2 Å². The predicted molar refractivity (Wildman–Crippen MR) is 65.9 cm³/mol. The maximum absolute atomic E-state index is 9.73. The summed E-state index contributed by atoms with van der Waals surface area (Å²) in [5.74, 6) is 0.329. The highest BCUT2D eigenvalue weighted by Crippen LogP contribution is 2.23. The molecular formula is C12H17ClN2O. The molecule has 4 heteroatoms. The number of benzene rings is 1. The largest absolute Gasteiger partial charge is 0.508 e. The van der Waals surface area contributed by atoms with E-state index >= 15 is 0 Å². The molecule has 1 atom stereocenters. The first-order valence-corrected chi connectivity index (χ1v) is 5.96. The highest BCUT2D eigenvalue weighted by molar-refractivity contribution is 6.30. The molecule has 1 aliphatic heterocycles. The zero-order valence-electron chi connectivity index (χ0n) is 9.41. The smallest absolute Gasteiger partial charge is 0.120 e. The van der Waals surface area contributed by atoms with Gasteiger partial charge in [0.1, 0.15) is 5.75 Å². The lowest BCUT2D eigenvalue weighted by molar-refractivity contribution is 0.198. The van der Waals surface area contributed by atoms with Crippen LogP contribution < -0.4 is 5.32 Å². The summed E-state index contributed by atoms with van der Waals surface area (Å²) in [6.07, 6.45) is 0. The number of phenols is 1. The zero-order chi connectivity index (χ0) is 11.5. The molecule has 1 saturated heterocycles. The minimum Gasteiger partial charge on any atom is -0.508 e. The van der Waals surface area contributed by atoms with Gasteiger partial charge in [-0.15, -0.1) is 0 Å². The van der Waals surface area contributed by atoms with E-state index in [1.54, 1.807) is 12.1 Å². The van der Waals surface area contributed by atoms with Gasteiger partial charge in [-0.05, 0) is 25.1 Å². The third-order valence-electron chi connectivity index (χ3n) is 2.89. The summed E-state index contributed by atoms with van der Waals surface area (Å²) in [4.78, 5) is 2.33. The molecule has 0 unspecified atom stereocenters. The van der Waals surface area contributed by atoms with Crippen LogP contribution in [0.1, 0.15) is 12.5 Å². The van der Waals surface area contributed by atoms with Crippen molar-refractivity contribution in [1.82, 2.24) is 10.2 Å². The molecule has 1 heterocycles. The van der Waals surface area contributed by atoms with Gasteiger partial charge in [0.05, 0.1) is 0 Å². The van der Waals surface area contributed by atoms with Gasteiger partial charge in [0.15, 0.2) is 0 Å². The van der Waals surface area contributed by atoms with Crippen molar-refractivity contribution in [2.45, 2.75) is 19.5 Å². The zero-order valence-corrected chi connectivity index (χ0v) is 10.2. The molecule has 0 aromatic heterocycles. The molecule has 0 radical (unpaired) electrons. The fraction of sp³-hybridized carbons (Fsp3) is 0.500. The SMILES string of the molecule is C[C@@H]1CN(Cc2cc(Cl)ccc2O)CCN1. The topological polar surface area (TPSA) is 35.5 Å². The van der Waals surface area contributed by atoms with Crippen molar-refractivity contribution in [2.24, 2.45) is 0 Å². The van der Waals surface area contributed by atoms with Crippen LogP contribution in [0.2, 0.25) is 5.02 Å². The summed E-state index contributed by atoms with van der Waals surface area (Å²) < 4.78 is 0. The Morgan fingerprint density at radius 1 is 1.56 bits per heavy atom. The number of hydrogen-bond acceptors (Lipinski definition) is 3. The summed E-state index contributed by atoms with van der Waals surface area (Å²) in [7, 11) is 0. The van der Waals surface area contributed by atoms with E-state index < -0.39 is 0 Å². The van der Waals surface area contributed by atoms with Gasteiger partial charge in [-0.2, -0.15) is 0 Å². The lowest BCUT2D eigenvalue weighted by Gasteiger charge is -2.31. The van der Waals surface area contributed by atoms with E-state index in [0.717, 1.165) is 31.7 Å². The lowest BCUT2D eigenvalue weighted by atomic mass is 10.1. The molecule has 88 valence electrons. The lowest BCUT2D eigenvalue weighted by Crippen LogP contribution is -2.48. The average molecular weight is 241 g/mol.